The maximum Gasteiger partial charge on any atom is 0.244 e. The molecule has 0 saturated heterocycles. The highest BCUT2D eigenvalue weighted by Crippen LogP contribution is 2.21. The molecule has 0 bridgehead atoms. The van der Waals surface area contributed by atoms with Crippen LogP contribution in [0.4, 0.5) is 4.39 Å². The molecule has 1 heterocycles. The number of aromatic nitrogens is 2. The minimum Gasteiger partial charge on any atom is -0.354 e. The van der Waals surface area contributed by atoms with Gasteiger partial charge in [0.2, 0.25) is 11.8 Å². The zero-order valence-electron chi connectivity index (χ0n) is 16.7. The van der Waals surface area contributed by atoms with E-state index in [-0.39, 0.29) is 24.1 Å². The van der Waals surface area contributed by atoms with Crippen molar-refractivity contribution in [3.05, 3.63) is 58.1 Å². The second-order valence-corrected chi connectivity index (χ2v) is 7.00. The highest BCUT2D eigenvalue weighted by atomic mass is 35.5. The summed E-state index contributed by atoms with van der Waals surface area (Å²) in [5.74, 6) is -0.812. The van der Waals surface area contributed by atoms with Crippen LogP contribution in [0.15, 0.2) is 30.3 Å². The van der Waals surface area contributed by atoms with Gasteiger partial charge in [-0.15, -0.1) is 0 Å². The molecule has 2 aromatic rings. The third-order valence-corrected chi connectivity index (χ3v) is 4.66. The summed E-state index contributed by atoms with van der Waals surface area (Å²) in [5.41, 5.74) is 2.22. The molecule has 0 spiro atoms. The Bertz CT molecular complexity index is 862. The van der Waals surface area contributed by atoms with Gasteiger partial charge in [0, 0.05) is 31.3 Å². The van der Waals surface area contributed by atoms with Crippen LogP contribution in [0.2, 0.25) is 5.15 Å². The number of nitrogens with one attached hydrogen (secondary N) is 2. The SMILES string of the molecule is CCCCn1nc(C)c(/C=C/C(=O)NCCNC(=O)Cc2ccc(F)cc2)c1Cl. The van der Waals surface area contributed by atoms with Crippen LogP contribution in [0.1, 0.15) is 36.6 Å². The monoisotopic (exact) mass is 420 g/mol. The third kappa shape index (κ3) is 7.34. The molecule has 6 nitrogen and oxygen atoms in total. The summed E-state index contributed by atoms with van der Waals surface area (Å²) in [4.78, 5) is 23.8. The molecule has 0 unspecified atom stereocenters. The Kier molecular flexibility index (Phi) is 8.86. The minimum atomic E-state index is -0.338. The largest absolute Gasteiger partial charge is 0.354 e. The molecule has 0 aliphatic rings. The first-order chi connectivity index (χ1) is 13.9. The Morgan fingerprint density at radius 2 is 1.90 bits per heavy atom. The maximum atomic E-state index is 12.9. The summed E-state index contributed by atoms with van der Waals surface area (Å²) < 4.78 is 14.6. The topological polar surface area (TPSA) is 76.0 Å². The molecule has 2 rings (SSSR count). The molecule has 0 atom stereocenters. The van der Waals surface area contributed by atoms with E-state index in [0.717, 1.165) is 36.2 Å². The van der Waals surface area contributed by atoms with E-state index >= 15 is 0 Å². The average molecular weight is 421 g/mol. The molecule has 0 fully saturated rings. The molecule has 0 aliphatic heterocycles. The number of benzene rings is 1. The van der Waals surface area contributed by atoms with Gasteiger partial charge in [-0.1, -0.05) is 37.1 Å². The molecule has 2 N–H and O–H groups in total. The van der Waals surface area contributed by atoms with Gasteiger partial charge in [-0.05, 0) is 37.1 Å². The van der Waals surface area contributed by atoms with Crippen molar-refractivity contribution in [3.8, 4) is 0 Å². The molecule has 156 valence electrons. The van der Waals surface area contributed by atoms with E-state index in [1.54, 1.807) is 22.9 Å². The Hall–Kier alpha value is -2.67. The van der Waals surface area contributed by atoms with E-state index in [1.165, 1.54) is 18.2 Å². The molecule has 1 aromatic carbocycles. The van der Waals surface area contributed by atoms with Gasteiger partial charge < -0.3 is 10.6 Å². The van der Waals surface area contributed by atoms with Gasteiger partial charge in [-0.2, -0.15) is 5.10 Å². The van der Waals surface area contributed by atoms with Crippen LogP contribution >= 0.6 is 11.6 Å². The van der Waals surface area contributed by atoms with E-state index in [0.29, 0.717) is 18.2 Å². The van der Waals surface area contributed by atoms with Crippen LogP contribution < -0.4 is 10.6 Å². The summed E-state index contributed by atoms with van der Waals surface area (Å²) in [6, 6.07) is 5.77. The average Bonchev–Trinajstić information content (AvgIpc) is 2.96. The second kappa shape index (κ2) is 11.4. The van der Waals surface area contributed by atoms with Crippen molar-refractivity contribution in [3.63, 3.8) is 0 Å². The van der Waals surface area contributed by atoms with E-state index in [2.05, 4.69) is 22.7 Å². The number of carbonyl (C=O) groups is 2. The van der Waals surface area contributed by atoms with E-state index in [9.17, 15) is 14.0 Å². The lowest BCUT2D eigenvalue weighted by Crippen LogP contribution is -2.34. The zero-order chi connectivity index (χ0) is 21.2. The first-order valence-electron chi connectivity index (χ1n) is 9.60. The maximum absolute atomic E-state index is 12.9. The first kappa shape index (κ1) is 22.6. The number of rotatable bonds is 10. The van der Waals surface area contributed by atoms with Crippen molar-refractivity contribution in [2.45, 2.75) is 39.7 Å². The number of nitrogens with zero attached hydrogens (tertiary/aromatic N) is 2. The summed E-state index contributed by atoms with van der Waals surface area (Å²) >= 11 is 6.33. The lowest BCUT2D eigenvalue weighted by Gasteiger charge is -2.06. The summed E-state index contributed by atoms with van der Waals surface area (Å²) in [5, 5.41) is 10.3. The third-order valence-electron chi connectivity index (χ3n) is 4.26. The van der Waals surface area contributed by atoms with Crippen molar-refractivity contribution >= 4 is 29.5 Å². The quantitative estimate of drug-likeness (QED) is 0.457. The normalized spacial score (nSPS) is 11.0. The highest BCUT2D eigenvalue weighted by molar-refractivity contribution is 6.31. The fraction of sp³-hybridized carbons (Fsp3) is 0.381. The lowest BCUT2D eigenvalue weighted by atomic mass is 10.1. The Morgan fingerprint density at radius 3 is 2.59 bits per heavy atom. The van der Waals surface area contributed by atoms with E-state index in [4.69, 9.17) is 11.6 Å². The van der Waals surface area contributed by atoms with Crippen LogP contribution in [0.5, 0.6) is 0 Å². The fourth-order valence-corrected chi connectivity index (χ4v) is 2.99. The lowest BCUT2D eigenvalue weighted by molar-refractivity contribution is -0.121. The molecule has 2 amide bonds. The van der Waals surface area contributed by atoms with Gasteiger partial charge in [0.25, 0.3) is 0 Å². The molecular formula is C21H26ClFN4O2. The molecule has 8 heteroatoms. The summed E-state index contributed by atoms with van der Waals surface area (Å²) in [7, 11) is 0. The van der Waals surface area contributed by atoms with Gasteiger partial charge in [0.15, 0.2) is 0 Å². The molecule has 0 saturated carbocycles. The van der Waals surface area contributed by atoms with Gasteiger partial charge in [-0.3, -0.25) is 14.3 Å². The second-order valence-electron chi connectivity index (χ2n) is 6.64. The number of halogens is 2. The zero-order valence-corrected chi connectivity index (χ0v) is 17.4. The smallest absolute Gasteiger partial charge is 0.244 e. The molecule has 1 aromatic heterocycles. The molecule has 0 radical (unpaired) electrons. The number of carbonyl (C=O) groups excluding carboxylic acids is 2. The van der Waals surface area contributed by atoms with Crippen molar-refractivity contribution in [2.75, 3.05) is 13.1 Å². The predicted octanol–water partition coefficient (Wildman–Crippen LogP) is 3.27. The Labute approximate surface area is 175 Å². The van der Waals surface area contributed by atoms with Crippen LogP contribution in [-0.2, 0) is 22.6 Å². The van der Waals surface area contributed by atoms with E-state index in [1.807, 2.05) is 6.92 Å². The molecule has 0 aliphatic carbocycles. The minimum absolute atomic E-state index is 0.161. The number of unbranched alkanes of at least 4 members (excludes halogenated alkanes) is 1. The highest BCUT2D eigenvalue weighted by Gasteiger charge is 2.11. The van der Waals surface area contributed by atoms with Gasteiger partial charge in [0.1, 0.15) is 11.0 Å². The molecular weight excluding hydrogens is 395 g/mol. The van der Waals surface area contributed by atoms with Crippen molar-refractivity contribution in [1.82, 2.24) is 20.4 Å². The fourth-order valence-electron chi connectivity index (χ4n) is 2.67. The van der Waals surface area contributed by atoms with Crippen molar-refractivity contribution < 1.29 is 14.0 Å². The van der Waals surface area contributed by atoms with Crippen LogP contribution in [-0.4, -0.2) is 34.7 Å². The Balaban J connectivity index is 1.73. The van der Waals surface area contributed by atoms with Gasteiger partial charge in [0.05, 0.1) is 12.1 Å². The van der Waals surface area contributed by atoms with Gasteiger partial charge in [-0.25, -0.2) is 4.39 Å². The number of hydrogen-bond acceptors (Lipinski definition) is 3. The number of amides is 2. The van der Waals surface area contributed by atoms with E-state index < -0.39 is 0 Å². The van der Waals surface area contributed by atoms with Crippen LogP contribution in [0.3, 0.4) is 0 Å². The number of aryl methyl sites for hydroxylation is 2. The van der Waals surface area contributed by atoms with Crippen LogP contribution in [0.25, 0.3) is 6.08 Å². The number of hydrogen-bond donors (Lipinski definition) is 2. The summed E-state index contributed by atoms with van der Waals surface area (Å²) in [6.07, 6.45) is 5.24. The standard InChI is InChI=1S/C21H26ClFN4O2/c1-3-4-13-27-21(22)18(15(2)26-27)9-10-19(28)24-11-12-25-20(29)14-16-5-7-17(23)8-6-16/h5-10H,3-4,11-14H2,1-2H3,(H,24,28)(H,25,29)/b10-9+. The summed E-state index contributed by atoms with van der Waals surface area (Å²) in [6.45, 7) is 5.28. The van der Waals surface area contributed by atoms with Crippen molar-refractivity contribution in [1.29, 1.82) is 0 Å². The van der Waals surface area contributed by atoms with Crippen LogP contribution in [0, 0.1) is 12.7 Å². The van der Waals surface area contributed by atoms with Crippen molar-refractivity contribution in [2.24, 2.45) is 0 Å². The Morgan fingerprint density at radius 1 is 1.21 bits per heavy atom. The van der Waals surface area contributed by atoms with Gasteiger partial charge >= 0.3 is 0 Å². The first-order valence-corrected chi connectivity index (χ1v) is 9.98. The molecule has 29 heavy (non-hydrogen) atoms. The predicted molar refractivity (Wildman–Crippen MR) is 112 cm³/mol.